The minimum atomic E-state index is -0.370. The van der Waals surface area contributed by atoms with Crippen molar-refractivity contribution in [1.82, 2.24) is 9.88 Å². The molecule has 3 rings (SSSR count). The van der Waals surface area contributed by atoms with Gasteiger partial charge in [0.05, 0.1) is 4.91 Å². The summed E-state index contributed by atoms with van der Waals surface area (Å²) in [6.07, 6.45) is 3.14. The van der Waals surface area contributed by atoms with Crippen LogP contribution in [-0.4, -0.2) is 37.7 Å². The number of amides is 2. The van der Waals surface area contributed by atoms with Gasteiger partial charge in [0.2, 0.25) is 5.91 Å². The van der Waals surface area contributed by atoms with Gasteiger partial charge in [-0.1, -0.05) is 42.2 Å². The number of hydrogen-bond donors (Lipinski definition) is 2. The molecule has 1 saturated heterocycles. The number of phenolic OH excluding ortho intramolecular Hbond substituents is 1. The topological polar surface area (TPSA) is 82.5 Å². The highest BCUT2D eigenvalue weighted by Crippen LogP contribution is 2.33. The Kier molecular flexibility index (Phi) is 4.93. The van der Waals surface area contributed by atoms with Crippen molar-refractivity contribution in [3.05, 3.63) is 46.3 Å². The van der Waals surface area contributed by atoms with Crippen LogP contribution in [0.4, 0.5) is 5.13 Å². The molecule has 0 aliphatic carbocycles. The predicted octanol–water partition coefficient (Wildman–Crippen LogP) is 2.69. The number of para-hydroxylation sites is 1. The average molecular weight is 377 g/mol. The zero-order valence-electron chi connectivity index (χ0n) is 12.1. The number of aromatic nitrogens is 1. The average Bonchev–Trinajstić information content (AvgIpc) is 3.14. The van der Waals surface area contributed by atoms with E-state index in [0.29, 0.717) is 19.9 Å². The summed E-state index contributed by atoms with van der Waals surface area (Å²) in [5.74, 6) is -0.656. The molecule has 1 aliphatic heterocycles. The fourth-order valence-electron chi connectivity index (χ4n) is 1.97. The summed E-state index contributed by atoms with van der Waals surface area (Å²) < 4.78 is 0.302. The molecule has 0 saturated carbocycles. The third-order valence-corrected chi connectivity index (χ3v) is 5.14. The van der Waals surface area contributed by atoms with Gasteiger partial charge in [-0.2, -0.15) is 0 Å². The fraction of sp³-hybridized carbons (Fsp3) is 0.0667. The molecule has 6 nitrogen and oxygen atoms in total. The van der Waals surface area contributed by atoms with E-state index in [1.807, 2.05) is 0 Å². The first-order valence-corrected chi connectivity index (χ1v) is 8.88. The Morgan fingerprint density at radius 1 is 1.42 bits per heavy atom. The molecule has 122 valence electrons. The van der Waals surface area contributed by atoms with Crippen molar-refractivity contribution in [2.45, 2.75) is 0 Å². The maximum atomic E-state index is 12.4. The number of aromatic hydroxyl groups is 1. The van der Waals surface area contributed by atoms with Crippen LogP contribution in [0.25, 0.3) is 6.08 Å². The van der Waals surface area contributed by atoms with Crippen molar-refractivity contribution < 1.29 is 14.7 Å². The van der Waals surface area contributed by atoms with E-state index in [9.17, 15) is 14.7 Å². The summed E-state index contributed by atoms with van der Waals surface area (Å²) in [6, 6.07) is 6.68. The number of anilines is 1. The SMILES string of the molecule is O=C(CN1C(=O)/C(=C/c2ccccc2O)SC1=S)Nc1nccs1. The number of phenols is 1. The standard InChI is InChI=1S/C15H11N3O3S3/c19-10-4-2-1-3-9(10)7-11-13(21)18(15(22)24-11)8-12(20)17-14-16-5-6-23-14/h1-7,19H,8H2,(H,16,17,20)/b11-7-. The van der Waals surface area contributed by atoms with Gasteiger partial charge in [-0.05, 0) is 12.1 Å². The number of nitrogens with one attached hydrogen (secondary N) is 1. The van der Waals surface area contributed by atoms with Crippen LogP contribution in [-0.2, 0) is 9.59 Å². The first-order valence-electron chi connectivity index (χ1n) is 6.77. The van der Waals surface area contributed by atoms with Crippen LogP contribution in [0.5, 0.6) is 5.75 Å². The van der Waals surface area contributed by atoms with E-state index in [-0.39, 0.29) is 24.1 Å². The highest BCUT2D eigenvalue weighted by atomic mass is 32.2. The number of thioether (sulfide) groups is 1. The molecule has 2 heterocycles. The second-order valence-corrected chi connectivity index (χ2v) is 7.28. The van der Waals surface area contributed by atoms with E-state index in [2.05, 4.69) is 10.3 Å². The van der Waals surface area contributed by atoms with Crippen LogP contribution >= 0.6 is 35.3 Å². The van der Waals surface area contributed by atoms with Gasteiger partial charge in [0.15, 0.2) is 5.13 Å². The van der Waals surface area contributed by atoms with Gasteiger partial charge in [0.25, 0.3) is 5.91 Å². The molecular formula is C15H11N3O3S3. The molecule has 9 heteroatoms. The molecule has 0 bridgehead atoms. The second kappa shape index (κ2) is 7.12. The third kappa shape index (κ3) is 3.64. The maximum absolute atomic E-state index is 12.4. The van der Waals surface area contributed by atoms with E-state index in [1.54, 1.807) is 35.9 Å². The number of nitrogens with zero attached hydrogens (tertiary/aromatic N) is 2. The van der Waals surface area contributed by atoms with Crippen LogP contribution in [0.2, 0.25) is 0 Å². The van der Waals surface area contributed by atoms with Gasteiger partial charge in [-0.3, -0.25) is 14.5 Å². The molecule has 1 aromatic carbocycles. The smallest absolute Gasteiger partial charge is 0.266 e. The van der Waals surface area contributed by atoms with Gasteiger partial charge in [0, 0.05) is 17.1 Å². The van der Waals surface area contributed by atoms with Gasteiger partial charge in [-0.25, -0.2) is 4.98 Å². The third-order valence-electron chi connectivity index (χ3n) is 3.08. The van der Waals surface area contributed by atoms with Crippen LogP contribution < -0.4 is 5.32 Å². The van der Waals surface area contributed by atoms with Crippen molar-refractivity contribution in [2.75, 3.05) is 11.9 Å². The number of carbonyl (C=O) groups is 2. The molecule has 0 atom stereocenters. The van der Waals surface area contributed by atoms with Gasteiger partial charge >= 0.3 is 0 Å². The van der Waals surface area contributed by atoms with Gasteiger partial charge in [-0.15, -0.1) is 11.3 Å². The molecular weight excluding hydrogens is 366 g/mol. The molecule has 1 fully saturated rings. The first-order chi connectivity index (χ1) is 11.5. The van der Waals surface area contributed by atoms with Crippen molar-refractivity contribution >= 4 is 62.7 Å². The quantitative estimate of drug-likeness (QED) is 0.630. The Hall–Kier alpha value is -2.23. The summed E-state index contributed by atoms with van der Waals surface area (Å²) >= 11 is 7.57. The minimum absolute atomic E-state index is 0.0734. The Balaban J connectivity index is 1.72. The van der Waals surface area contributed by atoms with E-state index >= 15 is 0 Å². The second-order valence-electron chi connectivity index (χ2n) is 4.71. The number of rotatable bonds is 4. The largest absolute Gasteiger partial charge is 0.507 e. The number of benzene rings is 1. The first kappa shape index (κ1) is 16.6. The van der Waals surface area contributed by atoms with E-state index in [0.717, 1.165) is 11.8 Å². The summed E-state index contributed by atoms with van der Waals surface area (Å²) in [6.45, 7) is -0.178. The van der Waals surface area contributed by atoms with Crippen LogP contribution in [0, 0.1) is 0 Å². The van der Waals surface area contributed by atoms with Gasteiger partial charge in [0.1, 0.15) is 16.6 Å². The van der Waals surface area contributed by atoms with Crippen LogP contribution in [0.15, 0.2) is 40.7 Å². The lowest BCUT2D eigenvalue weighted by molar-refractivity contribution is -0.126. The lowest BCUT2D eigenvalue weighted by Crippen LogP contribution is -2.36. The zero-order chi connectivity index (χ0) is 17.1. The van der Waals surface area contributed by atoms with E-state index in [4.69, 9.17) is 12.2 Å². The summed E-state index contributed by atoms with van der Waals surface area (Å²) in [4.78, 5) is 30.0. The van der Waals surface area contributed by atoms with Gasteiger partial charge < -0.3 is 10.4 Å². The maximum Gasteiger partial charge on any atom is 0.266 e. The highest BCUT2D eigenvalue weighted by Gasteiger charge is 2.33. The van der Waals surface area contributed by atoms with E-state index in [1.165, 1.54) is 22.3 Å². The van der Waals surface area contributed by atoms with Crippen LogP contribution in [0.3, 0.4) is 0 Å². The molecule has 1 aromatic heterocycles. The number of hydrogen-bond acceptors (Lipinski definition) is 7. The summed E-state index contributed by atoms with van der Waals surface area (Å²) in [5.41, 5.74) is 0.519. The van der Waals surface area contributed by atoms with Crippen molar-refractivity contribution in [2.24, 2.45) is 0 Å². The zero-order valence-corrected chi connectivity index (χ0v) is 14.6. The van der Waals surface area contributed by atoms with Crippen molar-refractivity contribution in [3.8, 4) is 5.75 Å². The van der Waals surface area contributed by atoms with Crippen molar-refractivity contribution in [3.63, 3.8) is 0 Å². The molecule has 0 radical (unpaired) electrons. The molecule has 24 heavy (non-hydrogen) atoms. The monoisotopic (exact) mass is 377 g/mol. The minimum Gasteiger partial charge on any atom is -0.507 e. The molecule has 0 spiro atoms. The number of thiocarbonyl (C=S) groups is 1. The molecule has 2 aromatic rings. The lowest BCUT2D eigenvalue weighted by atomic mass is 10.2. The Morgan fingerprint density at radius 2 is 2.21 bits per heavy atom. The highest BCUT2D eigenvalue weighted by molar-refractivity contribution is 8.26. The Bertz CT molecular complexity index is 833. The summed E-state index contributed by atoms with van der Waals surface area (Å²) in [5, 5.41) is 14.6. The number of thiazole rings is 1. The fourth-order valence-corrected chi connectivity index (χ4v) is 3.77. The molecule has 1 aliphatic rings. The normalized spacial score (nSPS) is 16.0. The Morgan fingerprint density at radius 3 is 2.92 bits per heavy atom. The predicted molar refractivity (Wildman–Crippen MR) is 98.7 cm³/mol. The lowest BCUT2D eigenvalue weighted by Gasteiger charge is -2.13. The van der Waals surface area contributed by atoms with E-state index < -0.39 is 0 Å². The number of carbonyl (C=O) groups excluding carboxylic acids is 2. The summed E-state index contributed by atoms with van der Waals surface area (Å²) in [7, 11) is 0. The van der Waals surface area contributed by atoms with Crippen molar-refractivity contribution in [1.29, 1.82) is 0 Å². The Labute approximate surface area is 151 Å². The van der Waals surface area contributed by atoms with Crippen LogP contribution in [0.1, 0.15) is 5.56 Å². The molecule has 2 N–H and O–H groups in total. The molecule has 2 amide bonds. The molecule has 0 unspecified atom stereocenters.